The maximum absolute atomic E-state index is 12.9. The lowest BCUT2D eigenvalue weighted by atomic mass is 10.2. The molecule has 0 bridgehead atoms. The van der Waals surface area contributed by atoms with Crippen molar-refractivity contribution in [1.29, 1.82) is 0 Å². The van der Waals surface area contributed by atoms with Gasteiger partial charge in [-0.15, -0.1) is 5.10 Å². The zero-order chi connectivity index (χ0) is 17.7. The van der Waals surface area contributed by atoms with Gasteiger partial charge in [0.2, 0.25) is 4.77 Å². The Kier molecular flexibility index (Phi) is 5.60. The number of rotatable bonds is 6. The van der Waals surface area contributed by atoms with Crippen molar-refractivity contribution in [2.24, 2.45) is 5.10 Å². The Labute approximate surface area is 140 Å². The molecule has 1 heterocycles. The predicted octanol–water partition coefficient (Wildman–Crippen LogP) is 3.64. The number of aromatic nitrogens is 3. The Bertz CT molecular complexity index is 783. The third-order valence-electron chi connectivity index (χ3n) is 2.90. The lowest BCUT2D eigenvalue weighted by Gasteiger charge is -2.12. The van der Waals surface area contributed by atoms with E-state index in [0.717, 1.165) is 6.42 Å². The van der Waals surface area contributed by atoms with Crippen LogP contribution >= 0.6 is 12.2 Å². The highest BCUT2D eigenvalue weighted by Crippen LogP contribution is 2.31. The van der Waals surface area contributed by atoms with Crippen LogP contribution in [-0.4, -0.2) is 34.8 Å². The zero-order valence-corrected chi connectivity index (χ0v) is 13.7. The second-order valence-electron chi connectivity index (χ2n) is 4.63. The summed E-state index contributed by atoms with van der Waals surface area (Å²) in [5.74, 6) is -0.379. The third kappa shape index (κ3) is 3.94. The van der Waals surface area contributed by atoms with Crippen molar-refractivity contribution in [2.75, 3.05) is 13.7 Å². The maximum Gasteiger partial charge on any atom is 0.453 e. The third-order valence-corrected chi connectivity index (χ3v) is 3.16. The van der Waals surface area contributed by atoms with Gasteiger partial charge in [0.1, 0.15) is 0 Å². The van der Waals surface area contributed by atoms with Gasteiger partial charge in [0.05, 0.1) is 19.9 Å². The molecule has 0 saturated carbocycles. The van der Waals surface area contributed by atoms with Crippen LogP contribution in [0, 0.1) is 4.77 Å². The number of benzene rings is 1. The van der Waals surface area contributed by atoms with Gasteiger partial charge >= 0.3 is 6.18 Å². The molecular formula is C14H15F3N4O2S. The van der Waals surface area contributed by atoms with Gasteiger partial charge in [-0.2, -0.15) is 22.9 Å². The number of hydrogen-bond donors (Lipinski definition) is 1. The van der Waals surface area contributed by atoms with Crippen LogP contribution < -0.4 is 9.47 Å². The number of aromatic amines is 1. The van der Waals surface area contributed by atoms with Gasteiger partial charge in [-0.05, 0) is 30.8 Å². The maximum atomic E-state index is 12.9. The molecule has 0 atom stereocenters. The molecule has 0 aliphatic rings. The molecule has 0 radical (unpaired) electrons. The molecule has 1 aromatic carbocycles. The van der Waals surface area contributed by atoms with E-state index in [9.17, 15) is 13.2 Å². The first-order chi connectivity index (χ1) is 11.4. The molecule has 0 unspecified atom stereocenters. The first-order valence-corrected chi connectivity index (χ1v) is 7.38. The predicted molar refractivity (Wildman–Crippen MR) is 84.2 cm³/mol. The van der Waals surface area contributed by atoms with Crippen LogP contribution in [0.1, 0.15) is 24.7 Å². The highest BCUT2D eigenvalue weighted by Gasteiger charge is 2.37. The van der Waals surface area contributed by atoms with Crippen LogP contribution in [0.5, 0.6) is 11.5 Å². The summed E-state index contributed by atoms with van der Waals surface area (Å²) in [6.45, 7) is 2.36. The largest absolute Gasteiger partial charge is 0.493 e. The Morgan fingerprint density at radius 3 is 2.79 bits per heavy atom. The van der Waals surface area contributed by atoms with E-state index in [1.165, 1.54) is 13.3 Å². The second-order valence-corrected chi connectivity index (χ2v) is 5.02. The van der Waals surface area contributed by atoms with Crippen LogP contribution in [0.3, 0.4) is 0 Å². The molecule has 2 rings (SSSR count). The van der Waals surface area contributed by atoms with E-state index in [4.69, 9.17) is 21.7 Å². The topological polar surface area (TPSA) is 64.4 Å². The van der Waals surface area contributed by atoms with E-state index in [2.05, 4.69) is 15.3 Å². The monoisotopic (exact) mass is 360 g/mol. The summed E-state index contributed by atoms with van der Waals surface area (Å²) in [4.78, 5) is 0. The minimum absolute atomic E-state index is 0.266. The van der Waals surface area contributed by atoms with Gasteiger partial charge in [0.15, 0.2) is 11.5 Å². The zero-order valence-electron chi connectivity index (χ0n) is 12.9. The quantitative estimate of drug-likeness (QED) is 0.631. The van der Waals surface area contributed by atoms with Crippen molar-refractivity contribution in [2.45, 2.75) is 19.5 Å². The summed E-state index contributed by atoms with van der Waals surface area (Å²) >= 11 is 4.78. The SMILES string of the molecule is CCCOc1c(/C=N\n2c(C(F)(F)F)n[nH]c2=S)cccc1OC. The van der Waals surface area contributed by atoms with E-state index in [-0.39, 0.29) is 4.77 Å². The number of nitrogens with one attached hydrogen (secondary N) is 1. The number of halogens is 3. The Hall–Kier alpha value is -2.36. The summed E-state index contributed by atoms with van der Waals surface area (Å²) < 4.78 is 49.7. The van der Waals surface area contributed by atoms with Gasteiger partial charge in [-0.25, -0.2) is 5.10 Å². The molecule has 0 spiro atoms. The van der Waals surface area contributed by atoms with Crippen LogP contribution in [-0.2, 0) is 6.18 Å². The van der Waals surface area contributed by atoms with E-state index in [1.54, 1.807) is 18.2 Å². The lowest BCUT2D eigenvalue weighted by molar-refractivity contribution is -0.147. The van der Waals surface area contributed by atoms with Crippen molar-refractivity contribution in [3.05, 3.63) is 34.4 Å². The highest BCUT2D eigenvalue weighted by atomic mass is 32.1. The summed E-state index contributed by atoms with van der Waals surface area (Å²) in [7, 11) is 1.48. The summed E-state index contributed by atoms with van der Waals surface area (Å²) in [6, 6.07) is 5.01. The molecule has 6 nitrogen and oxygen atoms in total. The van der Waals surface area contributed by atoms with Crippen LogP contribution in [0.4, 0.5) is 13.2 Å². The van der Waals surface area contributed by atoms with Crippen LogP contribution in [0.2, 0.25) is 0 Å². The van der Waals surface area contributed by atoms with E-state index < -0.39 is 12.0 Å². The molecule has 0 aliphatic carbocycles. The molecule has 10 heteroatoms. The highest BCUT2D eigenvalue weighted by molar-refractivity contribution is 7.71. The van der Waals surface area contributed by atoms with E-state index in [0.29, 0.717) is 28.3 Å². The Morgan fingerprint density at radius 1 is 1.42 bits per heavy atom. The van der Waals surface area contributed by atoms with Gasteiger partial charge < -0.3 is 9.47 Å². The summed E-state index contributed by atoms with van der Waals surface area (Å²) in [5.41, 5.74) is 0.457. The fourth-order valence-corrected chi connectivity index (χ4v) is 2.04. The van der Waals surface area contributed by atoms with Gasteiger partial charge in [0, 0.05) is 5.56 Å². The number of hydrogen-bond acceptors (Lipinski definition) is 5. The lowest BCUT2D eigenvalue weighted by Crippen LogP contribution is -2.13. The molecule has 2 aromatic rings. The average molecular weight is 360 g/mol. The number of H-pyrrole nitrogens is 1. The number of methoxy groups -OCH3 is 1. The molecule has 24 heavy (non-hydrogen) atoms. The minimum Gasteiger partial charge on any atom is -0.493 e. The van der Waals surface area contributed by atoms with Crippen LogP contribution in [0.25, 0.3) is 0 Å². The van der Waals surface area contributed by atoms with Crippen molar-refractivity contribution in [3.8, 4) is 11.5 Å². The second kappa shape index (κ2) is 7.47. The van der Waals surface area contributed by atoms with E-state index >= 15 is 0 Å². The summed E-state index contributed by atoms with van der Waals surface area (Å²) in [6.07, 6.45) is -2.70. The normalized spacial score (nSPS) is 11.9. The first-order valence-electron chi connectivity index (χ1n) is 6.97. The average Bonchev–Trinajstić information content (AvgIpc) is 2.92. The van der Waals surface area contributed by atoms with E-state index in [1.807, 2.05) is 6.92 Å². The molecule has 0 fully saturated rings. The van der Waals surface area contributed by atoms with Crippen molar-refractivity contribution >= 4 is 18.4 Å². The van der Waals surface area contributed by atoms with Crippen molar-refractivity contribution < 1.29 is 22.6 Å². The molecule has 0 aliphatic heterocycles. The number of para-hydroxylation sites is 1. The number of nitrogens with zero attached hydrogens (tertiary/aromatic N) is 3. The van der Waals surface area contributed by atoms with Crippen molar-refractivity contribution in [1.82, 2.24) is 14.9 Å². The fraction of sp³-hybridized carbons (Fsp3) is 0.357. The van der Waals surface area contributed by atoms with Gasteiger partial charge in [0.25, 0.3) is 5.82 Å². The molecule has 0 saturated heterocycles. The smallest absolute Gasteiger partial charge is 0.453 e. The van der Waals surface area contributed by atoms with Gasteiger partial charge in [-0.3, -0.25) is 0 Å². The van der Waals surface area contributed by atoms with Crippen molar-refractivity contribution in [3.63, 3.8) is 0 Å². The minimum atomic E-state index is -4.68. The molecule has 0 amide bonds. The number of alkyl halides is 3. The molecule has 130 valence electrons. The standard InChI is InChI=1S/C14H15F3N4O2S/c1-3-7-23-11-9(5-4-6-10(11)22-2)8-18-21-12(14(15,16)17)19-20-13(21)24/h4-6,8H,3,7H2,1-2H3,(H,20,24)/b18-8-. The van der Waals surface area contributed by atoms with Gasteiger partial charge in [-0.1, -0.05) is 13.0 Å². The number of ether oxygens (including phenoxy) is 2. The van der Waals surface area contributed by atoms with Crippen LogP contribution in [0.15, 0.2) is 23.3 Å². The first kappa shape index (κ1) is 18.0. The summed E-state index contributed by atoms with van der Waals surface area (Å²) in [5, 5.41) is 9.02. The molecular weight excluding hydrogens is 345 g/mol. The molecule has 1 N–H and O–H groups in total. The fourth-order valence-electron chi connectivity index (χ4n) is 1.86. The molecule has 1 aromatic heterocycles. The Morgan fingerprint density at radius 2 is 2.17 bits per heavy atom. The Balaban J connectivity index is 2.43.